The van der Waals surface area contributed by atoms with E-state index < -0.39 is 0 Å². The van der Waals surface area contributed by atoms with E-state index in [1.54, 1.807) is 6.20 Å². The number of ether oxygens (including phenoxy) is 1. The van der Waals surface area contributed by atoms with Crippen molar-refractivity contribution in [1.82, 2.24) is 14.8 Å². The molecule has 3 aliphatic rings. The molecule has 1 aromatic heterocycles. The van der Waals surface area contributed by atoms with Crippen molar-refractivity contribution in [3.8, 4) is 0 Å². The summed E-state index contributed by atoms with van der Waals surface area (Å²) in [6, 6.07) is 2.06. The Labute approximate surface area is 161 Å². The Bertz CT molecular complexity index is 660. The van der Waals surface area contributed by atoms with E-state index in [0.29, 0.717) is 18.0 Å². The number of hydrogen-bond acceptors (Lipinski definition) is 5. The van der Waals surface area contributed by atoms with Crippen LogP contribution >= 0.6 is 0 Å². The zero-order valence-electron chi connectivity index (χ0n) is 16.1. The number of aryl methyl sites for hydroxylation is 2. The molecule has 6 heteroatoms. The molecule has 0 saturated carbocycles. The maximum atomic E-state index is 13.2. The monoisotopic (exact) mass is 373 g/mol. The lowest BCUT2D eigenvalue weighted by Gasteiger charge is -2.40. The summed E-state index contributed by atoms with van der Waals surface area (Å²) in [4.78, 5) is 22.1. The summed E-state index contributed by atoms with van der Waals surface area (Å²) in [6.07, 6.45) is 7.18. The highest BCUT2D eigenvalue weighted by molar-refractivity contribution is 5.94. The first-order valence-corrected chi connectivity index (χ1v) is 10.4. The Balaban J connectivity index is 1.45. The van der Waals surface area contributed by atoms with Crippen LogP contribution in [0.25, 0.3) is 0 Å². The average molecular weight is 373 g/mol. The number of aromatic nitrogens is 1. The minimum absolute atomic E-state index is 0.0704. The van der Waals surface area contributed by atoms with Gasteiger partial charge in [0.05, 0.1) is 18.8 Å². The van der Waals surface area contributed by atoms with Crippen LogP contribution in [0.1, 0.15) is 40.9 Å². The number of likely N-dealkylation sites (tertiary alicyclic amines) is 1. The fraction of sp³-hybridized carbons (Fsp3) is 0.714. The summed E-state index contributed by atoms with van der Waals surface area (Å²) in [5, 5.41) is 9.76. The molecule has 0 bridgehead atoms. The SMILES string of the molecule is O=C(c1cnc2c(c1)CCCC2)N1CC(CO)CC(CN2CCOCC2)C1. The van der Waals surface area contributed by atoms with Gasteiger partial charge in [0.15, 0.2) is 0 Å². The third-order valence-electron chi connectivity index (χ3n) is 6.21. The van der Waals surface area contributed by atoms with Crippen molar-refractivity contribution in [3.63, 3.8) is 0 Å². The predicted octanol–water partition coefficient (Wildman–Crippen LogP) is 1.36. The summed E-state index contributed by atoms with van der Waals surface area (Å²) in [6.45, 7) is 6.04. The molecule has 0 aromatic carbocycles. The van der Waals surface area contributed by atoms with Crippen LogP contribution in [-0.4, -0.2) is 78.3 Å². The third-order valence-corrected chi connectivity index (χ3v) is 6.21. The summed E-state index contributed by atoms with van der Waals surface area (Å²) in [5.74, 6) is 0.642. The van der Waals surface area contributed by atoms with E-state index in [1.165, 1.54) is 18.4 Å². The summed E-state index contributed by atoms with van der Waals surface area (Å²) < 4.78 is 5.44. The molecular weight excluding hydrogens is 342 g/mol. The lowest BCUT2D eigenvalue weighted by atomic mass is 9.88. The first kappa shape index (κ1) is 18.8. The largest absolute Gasteiger partial charge is 0.396 e. The minimum atomic E-state index is 0.0704. The molecule has 2 aliphatic heterocycles. The Morgan fingerprint density at radius 1 is 1.19 bits per heavy atom. The molecule has 1 N–H and O–H groups in total. The zero-order valence-corrected chi connectivity index (χ0v) is 16.1. The highest BCUT2D eigenvalue weighted by Gasteiger charge is 2.32. The number of amides is 1. The van der Waals surface area contributed by atoms with Crippen molar-refractivity contribution < 1.29 is 14.6 Å². The molecule has 0 radical (unpaired) electrons. The van der Waals surface area contributed by atoms with E-state index in [9.17, 15) is 9.90 Å². The van der Waals surface area contributed by atoms with Gasteiger partial charge in [-0.05, 0) is 55.6 Å². The lowest BCUT2D eigenvalue weighted by Crippen LogP contribution is -2.49. The van der Waals surface area contributed by atoms with Crippen LogP contribution in [0.15, 0.2) is 12.3 Å². The number of aliphatic hydroxyl groups is 1. The number of nitrogens with zero attached hydrogens (tertiary/aromatic N) is 3. The highest BCUT2D eigenvalue weighted by atomic mass is 16.5. The molecule has 148 valence electrons. The van der Waals surface area contributed by atoms with Gasteiger partial charge >= 0.3 is 0 Å². The molecule has 1 amide bonds. The van der Waals surface area contributed by atoms with E-state index >= 15 is 0 Å². The second kappa shape index (κ2) is 8.67. The van der Waals surface area contributed by atoms with E-state index in [1.807, 2.05) is 4.90 Å². The van der Waals surface area contributed by atoms with Gasteiger partial charge in [0.25, 0.3) is 5.91 Å². The van der Waals surface area contributed by atoms with Crippen molar-refractivity contribution in [3.05, 3.63) is 29.1 Å². The van der Waals surface area contributed by atoms with Gasteiger partial charge in [0.1, 0.15) is 0 Å². The maximum absolute atomic E-state index is 13.2. The van der Waals surface area contributed by atoms with E-state index in [4.69, 9.17) is 4.74 Å². The van der Waals surface area contributed by atoms with Crippen LogP contribution < -0.4 is 0 Å². The van der Waals surface area contributed by atoms with Gasteiger partial charge in [-0.15, -0.1) is 0 Å². The first-order valence-electron chi connectivity index (χ1n) is 10.4. The molecule has 4 rings (SSSR count). The summed E-state index contributed by atoms with van der Waals surface area (Å²) in [5.41, 5.74) is 3.11. The number of fused-ring (bicyclic) bond motifs is 1. The van der Waals surface area contributed by atoms with Crippen LogP contribution in [0, 0.1) is 11.8 Å². The van der Waals surface area contributed by atoms with Crippen molar-refractivity contribution in [2.24, 2.45) is 11.8 Å². The minimum Gasteiger partial charge on any atom is -0.396 e. The number of pyridine rings is 1. The van der Waals surface area contributed by atoms with Gasteiger partial charge in [0.2, 0.25) is 0 Å². The van der Waals surface area contributed by atoms with Crippen LogP contribution in [0.2, 0.25) is 0 Å². The average Bonchev–Trinajstić information content (AvgIpc) is 2.73. The molecule has 3 heterocycles. The number of morpholine rings is 1. The molecule has 1 aliphatic carbocycles. The van der Waals surface area contributed by atoms with Crippen LogP contribution in [0.3, 0.4) is 0 Å². The quantitative estimate of drug-likeness (QED) is 0.863. The van der Waals surface area contributed by atoms with E-state index in [-0.39, 0.29) is 18.4 Å². The van der Waals surface area contributed by atoms with Gasteiger partial charge in [-0.2, -0.15) is 0 Å². The van der Waals surface area contributed by atoms with Gasteiger partial charge in [-0.25, -0.2) is 0 Å². The molecular formula is C21H31N3O3. The third kappa shape index (κ3) is 4.50. The number of aliphatic hydroxyl groups excluding tert-OH is 1. The number of rotatable bonds is 4. The maximum Gasteiger partial charge on any atom is 0.255 e. The number of piperidine rings is 1. The zero-order chi connectivity index (χ0) is 18.6. The van der Waals surface area contributed by atoms with Crippen LogP contribution in [-0.2, 0) is 17.6 Å². The normalized spacial score (nSPS) is 26.6. The molecule has 2 unspecified atom stereocenters. The molecule has 27 heavy (non-hydrogen) atoms. The van der Waals surface area contributed by atoms with Gasteiger partial charge in [-0.3, -0.25) is 14.7 Å². The number of carbonyl (C=O) groups is 1. The standard InChI is InChI=1S/C21H31N3O3/c25-15-17-9-16(12-23-5-7-27-8-6-23)13-24(14-17)21(26)19-10-18-3-1-2-4-20(18)22-11-19/h10-11,16-17,25H,1-9,12-15H2. The molecule has 6 nitrogen and oxygen atoms in total. The smallest absolute Gasteiger partial charge is 0.255 e. The molecule has 1 aromatic rings. The second-order valence-electron chi connectivity index (χ2n) is 8.31. The molecule has 2 atom stereocenters. The Morgan fingerprint density at radius 3 is 2.78 bits per heavy atom. The predicted molar refractivity (Wildman–Crippen MR) is 103 cm³/mol. The summed E-state index contributed by atoms with van der Waals surface area (Å²) in [7, 11) is 0. The highest BCUT2D eigenvalue weighted by Crippen LogP contribution is 2.26. The van der Waals surface area contributed by atoms with Gasteiger partial charge in [0, 0.05) is 51.2 Å². The van der Waals surface area contributed by atoms with Crippen molar-refractivity contribution in [2.45, 2.75) is 32.1 Å². The Morgan fingerprint density at radius 2 is 1.96 bits per heavy atom. The molecule has 2 saturated heterocycles. The van der Waals surface area contributed by atoms with Crippen molar-refractivity contribution >= 4 is 5.91 Å². The van der Waals surface area contributed by atoms with Gasteiger partial charge < -0.3 is 14.7 Å². The fourth-order valence-corrected chi connectivity index (χ4v) is 4.79. The van der Waals surface area contributed by atoms with Crippen molar-refractivity contribution in [1.29, 1.82) is 0 Å². The van der Waals surface area contributed by atoms with Crippen LogP contribution in [0.4, 0.5) is 0 Å². The van der Waals surface area contributed by atoms with E-state index in [0.717, 1.165) is 64.3 Å². The molecule has 2 fully saturated rings. The fourth-order valence-electron chi connectivity index (χ4n) is 4.79. The van der Waals surface area contributed by atoms with Crippen LogP contribution in [0.5, 0.6) is 0 Å². The topological polar surface area (TPSA) is 65.9 Å². The number of carbonyl (C=O) groups excluding carboxylic acids is 1. The first-order chi connectivity index (χ1) is 13.2. The second-order valence-corrected chi connectivity index (χ2v) is 8.31. The van der Waals surface area contributed by atoms with Gasteiger partial charge in [-0.1, -0.05) is 0 Å². The van der Waals surface area contributed by atoms with E-state index in [2.05, 4.69) is 16.0 Å². The Hall–Kier alpha value is -1.50. The molecule has 0 spiro atoms. The number of hydrogen-bond donors (Lipinski definition) is 1. The Kier molecular flexibility index (Phi) is 6.05. The lowest BCUT2D eigenvalue weighted by molar-refractivity contribution is 0.0130. The van der Waals surface area contributed by atoms with Crippen molar-refractivity contribution in [2.75, 3.05) is 52.5 Å². The summed E-state index contributed by atoms with van der Waals surface area (Å²) >= 11 is 0.